The van der Waals surface area contributed by atoms with Gasteiger partial charge in [-0.2, -0.15) is 6.07 Å². The van der Waals surface area contributed by atoms with Gasteiger partial charge in [-0.3, -0.25) is 0 Å². The Morgan fingerprint density at radius 1 is 1.13 bits per heavy atom. The summed E-state index contributed by atoms with van der Waals surface area (Å²) in [5.41, 5.74) is 3.99. The molecule has 1 N–H and O–H groups in total. The molecule has 1 fully saturated rings. The molecule has 1 heterocycles. The predicted molar refractivity (Wildman–Crippen MR) is 124 cm³/mol. The molecule has 1 nitrogen and oxygen atoms in total. The van der Waals surface area contributed by atoms with E-state index < -0.39 is 0 Å². The second-order valence-electron chi connectivity index (χ2n) is 9.36. The van der Waals surface area contributed by atoms with Gasteiger partial charge in [-0.1, -0.05) is 69.4 Å². The fourth-order valence-corrected chi connectivity index (χ4v) is 6.14. The molecule has 0 amide bonds. The van der Waals surface area contributed by atoms with Crippen molar-refractivity contribution in [1.29, 1.82) is 0 Å². The monoisotopic (exact) mass is 496 g/mol. The molecule has 30 heavy (non-hydrogen) atoms. The van der Waals surface area contributed by atoms with E-state index in [-0.39, 0.29) is 38.8 Å². The zero-order valence-corrected chi connectivity index (χ0v) is 22.0. The molecule has 2 aromatic rings. The quantitative estimate of drug-likeness (QED) is 0.373. The molecule has 0 spiro atoms. The van der Waals surface area contributed by atoms with Crippen molar-refractivity contribution in [2.75, 3.05) is 0 Å². The van der Waals surface area contributed by atoms with Crippen LogP contribution >= 0.6 is 11.3 Å². The first kappa shape index (κ1) is 24.4. The van der Waals surface area contributed by atoms with Gasteiger partial charge in [0.05, 0.1) is 6.10 Å². The summed E-state index contributed by atoms with van der Waals surface area (Å²) < 4.78 is 0. The Morgan fingerprint density at radius 3 is 2.70 bits per heavy atom. The molecule has 159 valence electrons. The summed E-state index contributed by atoms with van der Waals surface area (Å²) in [6, 6.07) is 13.1. The third-order valence-corrected chi connectivity index (χ3v) is 7.91. The number of aliphatic hydroxyl groups excluding tert-OH is 1. The molecule has 4 atom stereocenters. The summed E-state index contributed by atoms with van der Waals surface area (Å²) in [4.78, 5) is 1.46. The first-order chi connectivity index (χ1) is 14.2. The van der Waals surface area contributed by atoms with Crippen molar-refractivity contribution < 1.29 is 37.8 Å². The number of allylic oxidation sites excluding steroid dienone is 2. The standard InChI is InChI=1S/C27H35OS.Y/c1-20-6-2-7-21(18-20)19-27(28)24-15-13-23(14-16-24)26-12-4-9-22(26)8-3-10-25-11-5-17-29-25;/h5,11-16,20-22,27-28H,2-4,6-10,18-19H2,1H3;/q-1;/t20?,21?,22-,27?;/m0./s1. The SMILES string of the molecule is CC1CCCC(CC(O)c2ccc(C3=CCC[C@@H]3CCCc3cc[c-]s3)cc2)C1.[Y]. The normalized spacial score (nSPS) is 24.9. The molecule has 1 radical (unpaired) electrons. The Balaban J connectivity index is 0.00000256. The topological polar surface area (TPSA) is 20.2 Å². The molecule has 0 saturated heterocycles. The molecule has 1 aromatic heterocycles. The Morgan fingerprint density at radius 2 is 1.97 bits per heavy atom. The summed E-state index contributed by atoms with van der Waals surface area (Å²) in [5.74, 6) is 2.21. The van der Waals surface area contributed by atoms with Gasteiger partial charge in [-0.15, -0.1) is 10.3 Å². The van der Waals surface area contributed by atoms with Crippen molar-refractivity contribution in [3.8, 4) is 0 Å². The van der Waals surface area contributed by atoms with Crippen LogP contribution in [-0.4, -0.2) is 5.11 Å². The summed E-state index contributed by atoms with van der Waals surface area (Å²) in [7, 11) is 0. The molecule has 0 bridgehead atoms. The Hall–Kier alpha value is -0.276. The van der Waals surface area contributed by atoms with Crippen molar-refractivity contribution in [3.05, 3.63) is 63.9 Å². The van der Waals surface area contributed by atoms with E-state index >= 15 is 0 Å². The van der Waals surface area contributed by atoms with Crippen molar-refractivity contribution in [1.82, 2.24) is 0 Å². The second-order valence-corrected chi connectivity index (χ2v) is 10.3. The minimum Gasteiger partial charge on any atom is -0.388 e. The molecule has 4 rings (SSSR count). The average molecular weight is 497 g/mol. The smallest absolute Gasteiger partial charge is 0.0792 e. The molecular weight excluding hydrogens is 461 g/mol. The maximum atomic E-state index is 10.8. The zero-order valence-electron chi connectivity index (χ0n) is 18.4. The van der Waals surface area contributed by atoms with Gasteiger partial charge in [-0.05, 0) is 66.6 Å². The fraction of sp³-hybridized carbons (Fsp3) is 0.556. The van der Waals surface area contributed by atoms with Crippen LogP contribution in [0.25, 0.3) is 5.57 Å². The number of hydrogen-bond donors (Lipinski definition) is 1. The van der Waals surface area contributed by atoms with E-state index in [1.165, 1.54) is 73.8 Å². The molecule has 0 aliphatic heterocycles. The van der Waals surface area contributed by atoms with Gasteiger partial charge in [0.15, 0.2) is 0 Å². The first-order valence-corrected chi connectivity index (χ1v) is 12.4. The maximum absolute atomic E-state index is 10.8. The van der Waals surface area contributed by atoms with Crippen LogP contribution in [0.5, 0.6) is 0 Å². The van der Waals surface area contributed by atoms with E-state index in [1.54, 1.807) is 11.3 Å². The van der Waals surface area contributed by atoms with Gasteiger partial charge in [0.1, 0.15) is 0 Å². The van der Waals surface area contributed by atoms with E-state index in [9.17, 15) is 5.11 Å². The number of benzene rings is 1. The Labute approximate surface area is 212 Å². The van der Waals surface area contributed by atoms with Crippen LogP contribution in [0.15, 0.2) is 42.5 Å². The van der Waals surface area contributed by atoms with E-state index in [1.807, 2.05) is 6.07 Å². The summed E-state index contributed by atoms with van der Waals surface area (Å²) in [6.07, 6.45) is 14.5. The fourth-order valence-electron chi connectivity index (χ4n) is 5.47. The third-order valence-electron chi connectivity index (χ3n) is 7.05. The first-order valence-electron chi connectivity index (χ1n) is 11.6. The van der Waals surface area contributed by atoms with E-state index in [4.69, 9.17) is 0 Å². The van der Waals surface area contributed by atoms with Gasteiger partial charge in [0.2, 0.25) is 0 Å². The molecular formula is C27H35OSY-. The number of thiophene rings is 1. The van der Waals surface area contributed by atoms with Crippen LogP contribution in [0.1, 0.15) is 86.8 Å². The molecule has 2 aliphatic carbocycles. The number of hydrogen-bond acceptors (Lipinski definition) is 2. The molecule has 1 aromatic carbocycles. The summed E-state index contributed by atoms with van der Waals surface area (Å²) in [6.45, 7) is 2.36. The van der Waals surface area contributed by atoms with Crippen molar-refractivity contribution in [2.45, 2.75) is 77.2 Å². The average Bonchev–Trinajstić information content (AvgIpc) is 3.40. The van der Waals surface area contributed by atoms with Crippen molar-refractivity contribution in [2.24, 2.45) is 17.8 Å². The van der Waals surface area contributed by atoms with E-state index in [0.717, 1.165) is 17.9 Å². The second kappa shape index (κ2) is 12.1. The summed E-state index contributed by atoms with van der Waals surface area (Å²) >= 11 is 1.76. The number of aliphatic hydroxyl groups is 1. The molecule has 1 saturated carbocycles. The largest absolute Gasteiger partial charge is 0.388 e. The van der Waals surface area contributed by atoms with Crippen molar-refractivity contribution in [3.63, 3.8) is 0 Å². The van der Waals surface area contributed by atoms with Gasteiger partial charge in [-0.25, -0.2) is 6.07 Å². The van der Waals surface area contributed by atoms with Crippen LogP contribution in [0.3, 0.4) is 0 Å². The zero-order chi connectivity index (χ0) is 20.1. The maximum Gasteiger partial charge on any atom is 0.0792 e. The summed E-state index contributed by atoms with van der Waals surface area (Å²) in [5, 5.41) is 14.0. The minimum atomic E-state index is -0.310. The molecule has 3 unspecified atom stereocenters. The van der Waals surface area contributed by atoms with Crippen LogP contribution in [0, 0.1) is 23.1 Å². The van der Waals surface area contributed by atoms with Crippen molar-refractivity contribution >= 4 is 16.9 Å². The Bertz CT molecular complexity index is 780. The predicted octanol–water partition coefficient (Wildman–Crippen LogP) is 7.61. The van der Waals surface area contributed by atoms with Crippen LogP contribution < -0.4 is 0 Å². The Kier molecular flexibility index (Phi) is 9.82. The van der Waals surface area contributed by atoms with Gasteiger partial charge in [0.25, 0.3) is 0 Å². The number of rotatable bonds is 8. The van der Waals surface area contributed by atoms with Gasteiger partial charge < -0.3 is 16.4 Å². The number of aryl methyl sites for hydroxylation is 1. The van der Waals surface area contributed by atoms with E-state index in [2.05, 4.69) is 48.7 Å². The molecule has 3 heteroatoms. The molecule has 2 aliphatic rings. The van der Waals surface area contributed by atoms with E-state index in [0.29, 0.717) is 11.8 Å². The third kappa shape index (κ3) is 6.61. The van der Waals surface area contributed by atoms with Crippen LogP contribution in [-0.2, 0) is 39.1 Å². The van der Waals surface area contributed by atoms with Crippen LogP contribution in [0.2, 0.25) is 0 Å². The minimum absolute atomic E-state index is 0. The van der Waals surface area contributed by atoms with Gasteiger partial charge >= 0.3 is 0 Å². The van der Waals surface area contributed by atoms with Gasteiger partial charge in [0, 0.05) is 32.7 Å². The van der Waals surface area contributed by atoms with Crippen LogP contribution in [0.4, 0.5) is 0 Å².